The number of hydrogen-bond acceptors (Lipinski definition) is 4. The van der Waals surface area contributed by atoms with Crippen LogP contribution >= 0.6 is 0 Å². The molecule has 0 bridgehead atoms. The zero-order valence-corrected chi connectivity index (χ0v) is 28.0. The highest BCUT2D eigenvalue weighted by molar-refractivity contribution is 5.85. The number of hydrogen-bond donors (Lipinski definition) is 1. The van der Waals surface area contributed by atoms with Gasteiger partial charge in [0.25, 0.3) is 0 Å². The lowest BCUT2D eigenvalue weighted by Crippen LogP contribution is -2.45. The van der Waals surface area contributed by atoms with E-state index in [1.807, 2.05) is 35.2 Å². The quantitative estimate of drug-likeness (QED) is 0.203. The minimum atomic E-state index is -0.223. The normalized spacial score (nSPS) is 21.1. The second-order valence-electron chi connectivity index (χ2n) is 13.8. The van der Waals surface area contributed by atoms with E-state index in [4.69, 9.17) is 4.74 Å². The van der Waals surface area contributed by atoms with Crippen LogP contribution in [0.3, 0.4) is 0 Å². The number of ether oxygens (including phenoxy) is 1. The standard InChI is InChI=1S/C42H46N4O2/c1-2-46-39-20-19-32(26-36(39)37-28-44(24-22-40(37)46)27-30-12-5-3-6-13-30)33-17-11-23-45(42(47)48-29-31-14-7-4-8-15-31)25-21-35-34-16-9-10-18-38(34)43-41(33)35/h3-10,12-16,18-20,26,33,37,40,43H,2,11,17,21-25,27-29H2,1H3/t33?,37-,40+/m0/s1. The fourth-order valence-corrected chi connectivity index (χ4v) is 8.71. The van der Waals surface area contributed by atoms with Crippen molar-refractivity contribution in [3.8, 4) is 0 Å². The van der Waals surface area contributed by atoms with Crippen LogP contribution in [0.5, 0.6) is 0 Å². The topological polar surface area (TPSA) is 51.8 Å². The number of likely N-dealkylation sites (N-methyl/N-ethyl adjacent to an activating group) is 1. The fraction of sp³-hybridized carbons (Fsp3) is 0.357. The van der Waals surface area contributed by atoms with Crippen LogP contribution in [0.4, 0.5) is 10.5 Å². The number of piperidine rings is 1. The number of aromatic amines is 1. The van der Waals surface area contributed by atoms with Crippen LogP contribution in [-0.2, 0) is 24.3 Å². The summed E-state index contributed by atoms with van der Waals surface area (Å²) in [5.74, 6) is 0.738. The number of rotatable bonds is 6. The van der Waals surface area contributed by atoms with E-state index in [0.29, 0.717) is 31.7 Å². The lowest BCUT2D eigenvalue weighted by Gasteiger charge is -2.38. The molecule has 48 heavy (non-hydrogen) atoms. The van der Waals surface area contributed by atoms with Crippen molar-refractivity contribution in [3.05, 3.63) is 137 Å². The number of H-pyrrole nitrogens is 1. The van der Waals surface area contributed by atoms with Crippen LogP contribution in [0, 0.1) is 0 Å². The molecule has 1 amide bonds. The Bertz CT molecular complexity index is 1870. The zero-order chi connectivity index (χ0) is 32.5. The monoisotopic (exact) mass is 638 g/mol. The number of amides is 1. The highest BCUT2D eigenvalue weighted by Gasteiger charge is 2.41. The number of likely N-dealkylation sites (tertiary alicyclic amines) is 1. The van der Waals surface area contributed by atoms with Gasteiger partial charge in [-0.15, -0.1) is 0 Å². The molecule has 6 nitrogen and oxygen atoms in total. The minimum absolute atomic E-state index is 0.223. The van der Waals surface area contributed by atoms with Crippen molar-refractivity contribution in [2.24, 2.45) is 0 Å². The van der Waals surface area contributed by atoms with Crippen molar-refractivity contribution in [2.45, 2.75) is 63.6 Å². The first-order valence-electron chi connectivity index (χ1n) is 17.9. The molecule has 1 unspecified atom stereocenters. The summed E-state index contributed by atoms with van der Waals surface area (Å²) in [4.78, 5) is 24.5. The molecular formula is C42H46N4O2. The van der Waals surface area contributed by atoms with Gasteiger partial charge in [-0.25, -0.2) is 4.79 Å². The molecule has 0 saturated carbocycles. The number of para-hydroxylation sites is 1. The van der Waals surface area contributed by atoms with Crippen LogP contribution in [0.15, 0.2) is 103 Å². The number of carbonyl (C=O) groups is 1. The lowest BCUT2D eigenvalue weighted by molar-refractivity contribution is 0.0960. The van der Waals surface area contributed by atoms with Crippen molar-refractivity contribution in [2.75, 3.05) is 37.6 Å². The molecule has 0 spiro atoms. The van der Waals surface area contributed by atoms with Gasteiger partial charge in [0.05, 0.1) is 0 Å². The number of carbonyl (C=O) groups excluding carboxylic acids is 1. The van der Waals surface area contributed by atoms with Gasteiger partial charge < -0.3 is 19.5 Å². The predicted molar refractivity (Wildman–Crippen MR) is 194 cm³/mol. The summed E-state index contributed by atoms with van der Waals surface area (Å²) in [6.45, 7) is 8.22. The van der Waals surface area contributed by atoms with E-state index >= 15 is 0 Å². The van der Waals surface area contributed by atoms with Gasteiger partial charge in [0.2, 0.25) is 0 Å². The molecule has 1 aromatic heterocycles. The SMILES string of the molecule is CCN1c2ccc(C3CCCN(C(=O)OCc4ccccc4)CCc4c3[nH]c3ccccc43)cc2[C@@H]2CN(Cc3ccccc3)CC[C@H]21. The number of benzene rings is 4. The summed E-state index contributed by atoms with van der Waals surface area (Å²) in [6, 6.07) is 37.4. The average Bonchev–Trinajstić information content (AvgIpc) is 3.67. The number of anilines is 1. The molecule has 4 aromatic carbocycles. The van der Waals surface area contributed by atoms with Crippen molar-refractivity contribution in [3.63, 3.8) is 0 Å². The van der Waals surface area contributed by atoms with E-state index in [0.717, 1.165) is 51.0 Å². The van der Waals surface area contributed by atoms with E-state index in [9.17, 15) is 4.79 Å². The summed E-state index contributed by atoms with van der Waals surface area (Å²) >= 11 is 0. The lowest BCUT2D eigenvalue weighted by atomic mass is 9.84. The summed E-state index contributed by atoms with van der Waals surface area (Å²) in [6.07, 6.45) is 3.65. The molecule has 8 rings (SSSR count). The Balaban J connectivity index is 1.09. The summed E-state index contributed by atoms with van der Waals surface area (Å²) in [7, 11) is 0. The van der Waals surface area contributed by atoms with Crippen molar-refractivity contribution >= 4 is 22.7 Å². The average molecular weight is 639 g/mol. The molecule has 3 aliphatic heterocycles. The van der Waals surface area contributed by atoms with E-state index in [-0.39, 0.29) is 12.0 Å². The van der Waals surface area contributed by atoms with Gasteiger partial charge in [0.15, 0.2) is 0 Å². The van der Waals surface area contributed by atoms with Crippen molar-refractivity contribution < 1.29 is 9.53 Å². The Morgan fingerprint density at radius 3 is 2.44 bits per heavy atom. The Morgan fingerprint density at radius 1 is 0.854 bits per heavy atom. The van der Waals surface area contributed by atoms with Crippen LogP contribution in [0.1, 0.15) is 71.5 Å². The molecule has 246 valence electrons. The van der Waals surface area contributed by atoms with Crippen molar-refractivity contribution in [1.82, 2.24) is 14.8 Å². The van der Waals surface area contributed by atoms with Crippen LogP contribution in [-0.4, -0.2) is 59.6 Å². The highest BCUT2D eigenvalue weighted by Crippen LogP contribution is 2.47. The molecular weight excluding hydrogens is 592 g/mol. The zero-order valence-electron chi connectivity index (χ0n) is 28.0. The van der Waals surface area contributed by atoms with E-state index in [1.165, 1.54) is 51.0 Å². The largest absolute Gasteiger partial charge is 0.445 e. The Labute approximate surface area is 284 Å². The fourth-order valence-electron chi connectivity index (χ4n) is 8.71. The molecule has 1 N–H and O–H groups in total. The van der Waals surface area contributed by atoms with Gasteiger partial charge >= 0.3 is 6.09 Å². The maximum atomic E-state index is 13.4. The third-order valence-corrected chi connectivity index (χ3v) is 11.0. The summed E-state index contributed by atoms with van der Waals surface area (Å²) in [5, 5.41) is 1.26. The third-order valence-electron chi connectivity index (χ3n) is 11.0. The molecule has 1 fully saturated rings. The van der Waals surface area contributed by atoms with Gasteiger partial charge in [0.1, 0.15) is 6.61 Å². The Hall–Kier alpha value is -4.55. The molecule has 6 heteroatoms. The molecule has 0 aliphatic carbocycles. The Morgan fingerprint density at radius 2 is 1.62 bits per heavy atom. The van der Waals surface area contributed by atoms with E-state index in [2.05, 4.69) is 94.5 Å². The molecule has 4 heterocycles. The molecule has 1 saturated heterocycles. The first kappa shape index (κ1) is 30.8. The first-order valence-corrected chi connectivity index (χ1v) is 17.9. The second kappa shape index (κ2) is 13.5. The van der Waals surface area contributed by atoms with Gasteiger partial charge in [-0.1, -0.05) is 91.0 Å². The molecule has 0 radical (unpaired) electrons. The number of aromatic nitrogens is 1. The summed E-state index contributed by atoms with van der Waals surface area (Å²) < 4.78 is 5.81. The number of nitrogens with zero attached hydrogens (tertiary/aromatic N) is 3. The van der Waals surface area contributed by atoms with Crippen LogP contribution in [0.25, 0.3) is 10.9 Å². The van der Waals surface area contributed by atoms with Crippen LogP contribution in [0.2, 0.25) is 0 Å². The molecule has 3 atom stereocenters. The maximum Gasteiger partial charge on any atom is 0.410 e. The van der Waals surface area contributed by atoms with E-state index < -0.39 is 0 Å². The van der Waals surface area contributed by atoms with Gasteiger partial charge in [-0.2, -0.15) is 0 Å². The smallest absolute Gasteiger partial charge is 0.410 e. The van der Waals surface area contributed by atoms with E-state index in [1.54, 1.807) is 0 Å². The third kappa shape index (κ3) is 5.99. The highest BCUT2D eigenvalue weighted by atomic mass is 16.6. The maximum absolute atomic E-state index is 13.4. The second-order valence-corrected chi connectivity index (χ2v) is 13.8. The van der Waals surface area contributed by atoms with Gasteiger partial charge in [-0.3, -0.25) is 4.90 Å². The number of fused-ring (bicyclic) bond motifs is 6. The molecule has 3 aliphatic rings. The van der Waals surface area contributed by atoms with Gasteiger partial charge in [-0.05, 0) is 72.6 Å². The Kier molecular flexibility index (Phi) is 8.66. The first-order chi connectivity index (χ1) is 23.7. The minimum Gasteiger partial charge on any atom is -0.445 e. The molecule has 5 aromatic rings. The summed E-state index contributed by atoms with van der Waals surface area (Å²) in [5.41, 5.74) is 10.5. The predicted octanol–water partition coefficient (Wildman–Crippen LogP) is 8.47. The van der Waals surface area contributed by atoms with Gasteiger partial charge in [0, 0.05) is 79.4 Å². The van der Waals surface area contributed by atoms with Crippen LogP contribution < -0.4 is 4.90 Å². The number of nitrogens with one attached hydrogen (secondary N) is 1. The van der Waals surface area contributed by atoms with Crippen molar-refractivity contribution in [1.29, 1.82) is 0 Å².